The number of nitrogens with one attached hydrogen (secondary N) is 2. The summed E-state index contributed by atoms with van der Waals surface area (Å²) in [5.74, 6) is 2.21. The first-order valence-electron chi connectivity index (χ1n) is 10.4. The third kappa shape index (κ3) is 8.56. The van der Waals surface area contributed by atoms with E-state index < -0.39 is 5.60 Å². The predicted molar refractivity (Wildman–Crippen MR) is 135 cm³/mol. The fourth-order valence-electron chi connectivity index (χ4n) is 3.01. The highest BCUT2D eigenvalue weighted by Gasteiger charge is 2.24. The number of halogens is 1. The minimum atomic E-state index is -1.07. The second-order valence-electron chi connectivity index (χ2n) is 7.32. The van der Waals surface area contributed by atoms with Crippen LogP contribution in [0.1, 0.15) is 38.3 Å². The Bertz CT molecular complexity index is 823. The lowest BCUT2D eigenvalue weighted by Crippen LogP contribution is -2.39. The molecule has 2 aromatic rings. The molecule has 9 heteroatoms. The zero-order valence-electron chi connectivity index (χ0n) is 19.1. The number of nitrogens with zero attached hydrogens (tertiary/aromatic N) is 3. The molecule has 0 saturated carbocycles. The smallest absolute Gasteiger partial charge is 0.191 e. The van der Waals surface area contributed by atoms with E-state index >= 15 is 0 Å². The maximum atomic E-state index is 10.7. The highest BCUT2D eigenvalue weighted by atomic mass is 127. The number of rotatable bonds is 11. The van der Waals surface area contributed by atoms with Crippen LogP contribution in [0.15, 0.2) is 35.6 Å². The molecule has 0 aliphatic rings. The molecule has 174 valence electrons. The number of hydrogen-bond acceptors (Lipinski definition) is 5. The molecule has 3 N–H and O–H groups in total. The Labute approximate surface area is 202 Å². The van der Waals surface area contributed by atoms with E-state index in [1.54, 1.807) is 31.1 Å². The predicted octanol–water partition coefficient (Wildman–Crippen LogP) is 2.84. The van der Waals surface area contributed by atoms with Crippen molar-refractivity contribution < 1.29 is 14.6 Å². The molecule has 1 heterocycles. The first kappa shape index (κ1) is 27.0. The molecule has 0 fully saturated rings. The summed E-state index contributed by atoms with van der Waals surface area (Å²) in [6, 6.07) is 6.04. The number of aliphatic hydroxyl groups is 1. The van der Waals surface area contributed by atoms with E-state index in [0.29, 0.717) is 12.6 Å². The van der Waals surface area contributed by atoms with Gasteiger partial charge in [0.2, 0.25) is 0 Å². The Kier molecular flexibility index (Phi) is 11.7. The largest absolute Gasteiger partial charge is 0.493 e. The fourth-order valence-corrected chi connectivity index (χ4v) is 3.01. The second kappa shape index (κ2) is 13.4. The van der Waals surface area contributed by atoms with E-state index in [4.69, 9.17) is 9.47 Å². The first-order chi connectivity index (χ1) is 14.4. The van der Waals surface area contributed by atoms with E-state index in [9.17, 15) is 5.11 Å². The van der Waals surface area contributed by atoms with Crippen molar-refractivity contribution in [3.05, 3.63) is 41.7 Å². The third-order valence-corrected chi connectivity index (χ3v) is 4.68. The van der Waals surface area contributed by atoms with Crippen molar-refractivity contribution in [2.75, 3.05) is 33.4 Å². The molecule has 0 aliphatic carbocycles. The van der Waals surface area contributed by atoms with Gasteiger partial charge in [0.15, 0.2) is 17.5 Å². The van der Waals surface area contributed by atoms with Crippen LogP contribution < -0.4 is 20.1 Å². The molecule has 0 spiro atoms. The molecular formula is C22H36IN5O3. The quantitative estimate of drug-likeness (QED) is 0.174. The summed E-state index contributed by atoms with van der Waals surface area (Å²) in [5, 5.41) is 21.4. The Hall–Kier alpha value is -2.01. The molecular weight excluding hydrogens is 509 g/mol. The van der Waals surface area contributed by atoms with Crippen LogP contribution in [0, 0.1) is 0 Å². The second-order valence-corrected chi connectivity index (χ2v) is 7.32. The van der Waals surface area contributed by atoms with Gasteiger partial charge in [0, 0.05) is 31.9 Å². The molecule has 8 nitrogen and oxygen atoms in total. The van der Waals surface area contributed by atoms with Crippen LogP contribution in [-0.2, 0) is 19.1 Å². The summed E-state index contributed by atoms with van der Waals surface area (Å²) in [5.41, 5.74) is 0.867. The van der Waals surface area contributed by atoms with E-state index in [2.05, 4.69) is 26.8 Å². The highest BCUT2D eigenvalue weighted by molar-refractivity contribution is 14.0. The fraction of sp³-hybridized carbons (Fsp3) is 0.545. The molecule has 0 saturated heterocycles. The average Bonchev–Trinajstić information content (AvgIpc) is 3.17. The van der Waals surface area contributed by atoms with Gasteiger partial charge in [-0.25, -0.2) is 4.99 Å². The molecule has 1 aromatic heterocycles. The number of hydrogen-bond donors (Lipinski definition) is 3. The van der Waals surface area contributed by atoms with Gasteiger partial charge in [-0.1, -0.05) is 6.07 Å². The molecule has 1 unspecified atom stereocenters. The Balaban J connectivity index is 0.00000480. The molecule has 31 heavy (non-hydrogen) atoms. The SMILES string of the molecule is CCNC(=NCC(C)(O)c1cnn(C)c1)NCCCc1ccc(OC)c(OCC)c1.I. The summed E-state index contributed by atoms with van der Waals surface area (Å²) in [6.07, 6.45) is 5.31. The van der Waals surface area contributed by atoms with Crippen molar-refractivity contribution in [1.29, 1.82) is 0 Å². The van der Waals surface area contributed by atoms with Gasteiger partial charge in [-0.3, -0.25) is 4.68 Å². The monoisotopic (exact) mass is 545 g/mol. The third-order valence-electron chi connectivity index (χ3n) is 4.68. The maximum absolute atomic E-state index is 10.7. The van der Waals surface area contributed by atoms with Gasteiger partial charge >= 0.3 is 0 Å². The molecule has 0 radical (unpaired) electrons. The van der Waals surface area contributed by atoms with Gasteiger partial charge in [0.05, 0.1) is 26.5 Å². The highest BCUT2D eigenvalue weighted by Crippen LogP contribution is 2.28. The number of aliphatic imine (C=N–C) groups is 1. The van der Waals surface area contributed by atoms with Gasteiger partial charge in [0.1, 0.15) is 5.60 Å². The maximum Gasteiger partial charge on any atom is 0.191 e. The van der Waals surface area contributed by atoms with Crippen LogP contribution in [0.25, 0.3) is 0 Å². The van der Waals surface area contributed by atoms with Crippen LogP contribution in [0.2, 0.25) is 0 Å². The summed E-state index contributed by atoms with van der Waals surface area (Å²) < 4.78 is 12.7. The van der Waals surface area contributed by atoms with Gasteiger partial charge < -0.3 is 25.2 Å². The van der Waals surface area contributed by atoms with Crippen molar-refractivity contribution >= 4 is 29.9 Å². The molecule has 1 atom stereocenters. The lowest BCUT2D eigenvalue weighted by molar-refractivity contribution is 0.0672. The number of methoxy groups -OCH3 is 1. The zero-order chi connectivity index (χ0) is 22.0. The number of guanidine groups is 1. The standard InChI is InChI=1S/C22H35N5O3.HI/c1-6-23-21(25-16-22(3,28)18-14-26-27(4)15-18)24-12-8-9-17-10-11-19(29-5)20(13-17)30-7-2;/h10-11,13-15,28H,6-9,12,16H2,1-5H3,(H2,23,24,25);1H. The summed E-state index contributed by atoms with van der Waals surface area (Å²) in [6.45, 7) is 8.08. The van der Waals surface area contributed by atoms with E-state index in [-0.39, 0.29) is 30.5 Å². The Morgan fingerprint density at radius 2 is 2.03 bits per heavy atom. The van der Waals surface area contributed by atoms with Gasteiger partial charge in [-0.05, 0) is 51.3 Å². The minimum absolute atomic E-state index is 0. The van der Waals surface area contributed by atoms with Crippen molar-refractivity contribution in [2.24, 2.45) is 12.0 Å². The van der Waals surface area contributed by atoms with Crippen molar-refractivity contribution in [3.8, 4) is 11.5 Å². The topological polar surface area (TPSA) is 92.9 Å². The molecule has 0 aliphatic heterocycles. The lowest BCUT2D eigenvalue weighted by atomic mass is 10.0. The van der Waals surface area contributed by atoms with Crippen LogP contribution in [0.4, 0.5) is 0 Å². The minimum Gasteiger partial charge on any atom is -0.493 e. The van der Waals surface area contributed by atoms with E-state index in [1.165, 1.54) is 5.56 Å². The van der Waals surface area contributed by atoms with Gasteiger partial charge in [-0.15, -0.1) is 24.0 Å². The van der Waals surface area contributed by atoms with Crippen LogP contribution in [-0.4, -0.2) is 54.2 Å². The first-order valence-corrected chi connectivity index (χ1v) is 10.4. The molecule has 2 rings (SSSR count). The number of aromatic nitrogens is 2. The zero-order valence-corrected chi connectivity index (χ0v) is 21.5. The van der Waals surface area contributed by atoms with Crippen LogP contribution >= 0.6 is 24.0 Å². The summed E-state index contributed by atoms with van der Waals surface area (Å²) >= 11 is 0. The van der Waals surface area contributed by atoms with Crippen LogP contribution in [0.5, 0.6) is 11.5 Å². The van der Waals surface area contributed by atoms with Crippen molar-refractivity contribution in [2.45, 2.75) is 39.2 Å². The summed E-state index contributed by atoms with van der Waals surface area (Å²) in [4.78, 5) is 4.55. The normalized spacial score (nSPS) is 13.2. The number of aryl methyl sites for hydroxylation is 2. The van der Waals surface area contributed by atoms with Crippen molar-refractivity contribution in [3.63, 3.8) is 0 Å². The molecule has 1 aromatic carbocycles. The average molecular weight is 545 g/mol. The van der Waals surface area contributed by atoms with Gasteiger partial charge in [-0.2, -0.15) is 5.10 Å². The van der Waals surface area contributed by atoms with Crippen LogP contribution in [0.3, 0.4) is 0 Å². The Morgan fingerprint density at radius 1 is 1.26 bits per heavy atom. The summed E-state index contributed by atoms with van der Waals surface area (Å²) in [7, 11) is 3.48. The van der Waals surface area contributed by atoms with Gasteiger partial charge in [0.25, 0.3) is 0 Å². The Morgan fingerprint density at radius 3 is 2.65 bits per heavy atom. The van der Waals surface area contributed by atoms with E-state index in [1.807, 2.05) is 33.0 Å². The molecule has 0 bridgehead atoms. The van der Waals surface area contributed by atoms with Crippen molar-refractivity contribution in [1.82, 2.24) is 20.4 Å². The number of benzene rings is 1. The molecule has 0 amide bonds. The lowest BCUT2D eigenvalue weighted by Gasteiger charge is -2.20. The number of ether oxygens (including phenoxy) is 2. The van der Waals surface area contributed by atoms with E-state index in [0.717, 1.165) is 43.0 Å².